The van der Waals surface area contributed by atoms with Crippen molar-refractivity contribution >= 4 is 22.4 Å². The maximum atomic E-state index is 11.9. The van der Waals surface area contributed by atoms with Crippen molar-refractivity contribution in [3.8, 4) is 10.6 Å². The Balaban J connectivity index is 1.77. The Kier molecular flexibility index (Phi) is 3.47. The van der Waals surface area contributed by atoms with Gasteiger partial charge in [-0.2, -0.15) is 0 Å². The average molecular weight is 282 g/mol. The van der Waals surface area contributed by atoms with Gasteiger partial charge in [0.25, 0.3) is 5.91 Å². The lowest BCUT2D eigenvalue weighted by atomic mass is 10.2. The third-order valence-corrected chi connectivity index (χ3v) is 3.48. The van der Waals surface area contributed by atoms with Gasteiger partial charge in [-0.05, 0) is 12.1 Å². The fraction of sp³-hybridized carbons (Fsp3) is 0. The molecular weight excluding hydrogens is 272 g/mol. The highest BCUT2D eigenvalue weighted by Crippen LogP contribution is 2.26. The molecule has 0 unspecified atom stereocenters. The predicted octanol–water partition coefficient (Wildman–Crippen LogP) is 2.85. The lowest BCUT2D eigenvalue weighted by Crippen LogP contribution is -2.11. The van der Waals surface area contributed by atoms with E-state index >= 15 is 0 Å². The summed E-state index contributed by atoms with van der Waals surface area (Å²) in [5.41, 5.74) is 1.47. The van der Waals surface area contributed by atoms with Gasteiger partial charge in [0.1, 0.15) is 5.01 Å². The van der Waals surface area contributed by atoms with Crippen LogP contribution in [0, 0.1) is 0 Å². The topological polar surface area (TPSA) is 67.8 Å². The van der Waals surface area contributed by atoms with E-state index in [2.05, 4.69) is 20.5 Å². The maximum absolute atomic E-state index is 11.9. The SMILES string of the molecule is O=C(Nc1nnc(-c2ccccc2)s1)c1cccnc1. The van der Waals surface area contributed by atoms with E-state index in [1.807, 2.05) is 30.3 Å². The molecule has 2 aromatic heterocycles. The van der Waals surface area contributed by atoms with Gasteiger partial charge >= 0.3 is 0 Å². The summed E-state index contributed by atoms with van der Waals surface area (Å²) in [4.78, 5) is 15.9. The minimum Gasteiger partial charge on any atom is -0.296 e. The molecule has 3 rings (SSSR count). The molecule has 0 fully saturated rings. The van der Waals surface area contributed by atoms with E-state index < -0.39 is 0 Å². The Morgan fingerprint density at radius 3 is 2.65 bits per heavy atom. The molecule has 0 atom stereocenters. The van der Waals surface area contributed by atoms with Gasteiger partial charge in [0.15, 0.2) is 0 Å². The first-order valence-electron chi connectivity index (χ1n) is 5.93. The maximum Gasteiger partial charge on any atom is 0.259 e. The molecule has 2 heterocycles. The number of carbonyl (C=O) groups is 1. The number of anilines is 1. The number of hydrogen-bond acceptors (Lipinski definition) is 5. The fourth-order valence-electron chi connectivity index (χ4n) is 1.64. The Morgan fingerprint density at radius 1 is 1.05 bits per heavy atom. The first-order chi connectivity index (χ1) is 9.83. The summed E-state index contributed by atoms with van der Waals surface area (Å²) < 4.78 is 0. The Labute approximate surface area is 119 Å². The van der Waals surface area contributed by atoms with Crippen LogP contribution in [0.25, 0.3) is 10.6 Å². The van der Waals surface area contributed by atoms with Gasteiger partial charge in [-0.1, -0.05) is 41.7 Å². The van der Waals surface area contributed by atoms with Crippen molar-refractivity contribution < 1.29 is 4.79 Å². The van der Waals surface area contributed by atoms with Crippen LogP contribution in [0.2, 0.25) is 0 Å². The van der Waals surface area contributed by atoms with E-state index in [1.54, 1.807) is 18.3 Å². The van der Waals surface area contributed by atoms with Crippen molar-refractivity contribution in [2.24, 2.45) is 0 Å². The molecular formula is C14H10N4OS. The molecule has 0 spiro atoms. The van der Waals surface area contributed by atoms with Gasteiger partial charge < -0.3 is 0 Å². The summed E-state index contributed by atoms with van der Waals surface area (Å²) in [6, 6.07) is 13.1. The molecule has 3 aromatic rings. The summed E-state index contributed by atoms with van der Waals surface area (Å²) >= 11 is 1.33. The van der Waals surface area contributed by atoms with Crippen molar-refractivity contribution in [1.82, 2.24) is 15.2 Å². The standard InChI is InChI=1S/C14H10N4OS/c19-12(11-7-4-8-15-9-11)16-14-18-17-13(20-14)10-5-2-1-3-6-10/h1-9H,(H,16,18,19). The fourth-order valence-corrected chi connectivity index (χ4v) is 2.38. The molecule has 20 heavy (non-hydrogen) atoms. The lowest BCUT2D eigenvalue weighted by Gasteiger charge is -1.99. The Bertz CT molecular complexity index is 712. The molecule has 0 radical (unpaired) electrons. The normalized spacial score (nSPS) is 10.2. The molecule has 98 valence electrons. The summed E-state index contributed by atoms with van der Waals surface area (Å²) in [6.45, 7) is 0. The number of aromatic nitrogens is 3. The van der Waals surface area contributed by atoms with Crippen molar-refractivity contribution in [3.05, 3.63) is 60.4 Å². The zero-order valence-electron chi connectivity index (χ0n) is 10.4. The molecule has 0 aliphatic rings. The van der Waals surface area contributed by atoms with Gasteiger partial charge in [-0.3, -0.25) is 15.1 Å². The second-order valence-electron chi connectivity index (χ2n) is 3.97. The van der Waals surface area contributed by atoms with E-state index in [0.29, 0.717) is 10.7 Å². The van der Waals surface area contributed by atoms with Crippen molar-refractivity contribution in [2.45, 2.75) is 0 Å². The van der Waals surface area contributed by atoms with Gasteiger partial charge in [0, 0.05) is 18.0 Å². The van der Waals surface area contributed by atoms with Crippen LogP contribution >= 0.6 is 11.3 Å². The Hall–Kier alpha value is -2.60. The van der Waals surface area contributed by atoms with E-state index in [-0.39, 0.29) is 5.91 Å². The smallest absolute Gasteiger partial charge is 0.259 e. The zero-order valence-corrected chi connectivity index (χ0v) is 11.2. The number of amides is 1. The number of benzene rings is 1. The van der Waals surface area contributed by atoms with Crippen LogP contribution in [0.1, 0.15) is 10.4 Å². The van der Waals surface area contributed by atoms with Crippen LogP contribution in [-0.4, -0.2) is 21.1 Å². The molecule has 0 bridgehead atoms. The molecule has 0 saturated carbocycles. The summed E-state index contributed by atoms with van der Waals surface area (Å²) in [5.74, 6) is -0.242. The van der Waals surface area contributed by atoms with Gasteiger partial charge in [0.2, 0.25) is 5.13 Å². The van der Waals surface area contributed by atoms with Crippen LogP contribution in [0.15, 0.2) is 54.9 Å². The highest BCUT2D eigenvalue weighted by Gasteiger charge is 2.10. The number of carbonyl (C=O) groups excluding carboxylic acids is 1. The molecule has 1 aromatic carbocycles. The van der Waals surface area contributed by atoms with E-state index in [9.17, 15) is 4.79 Å². The minimum atomic E-state index is -0.242. The lowest BCUT2D eigenvalue weighted by molar-refractivity contribution is 0.102. The van der Waals surface area contributed by atoms with E-state index in [1.165, 1.54) is 17.5 Å². The van der Waals surface area contributed by atoms with Gasteiger partial charge in [-0.25, -0.2) is 0 Å². The Morgan fingerprint density at radius 2 is 1.90 bits per heavy atom. The largest absolute Gasteiger partial charge is 0.296 e. The molecule has 1 N–H and O–H groups in total. The number of nitrogens with one attached hydrogen (secondary N) is 1. The minimum absolute atomic E-state index is 0.242. The average Bonchev–Trinajstić information content (AvgIpc) is 2.97. The van der Waals surface area contributed by atoms with Crippen LogP contribution in [-0.2, 0) is 0 Å². The van der Waals surface area contributed by atoms with Crippen LogP contribution < -0.4 is 5.32 Å². The number of pyridine rings is 1. The van der Waals surface area contributed by atoms with Gasteiger partial charge in [-0.15, -0.1) is 10.2 Å². The van der Waals surface area contributed by atoms with Crippen molar-refractivity contribution in [3.63, 3.8) is 0 Å². The zero-order chi connectivity index (χ0) is 13.8. The summed E-state index contributed by atoms with van der Waals surface area (Å²) in [6.07, 6.45) is 3.13. The molecule has 0 aliphatic heterocycles. The molecule has 5 nitrogen and oxygen atoms in total. The number of hydrogen-bond donors (Lipinski definition) is 1. The molecule has 0 aliphatic carbocycles. The number of nitrogens with zero attached hydrogens (tertiary/aromatic N) is 3. The highest BCUT2D eigenvalue weighted by atomic mass is 32.1. The second-order valence-corrected chi connectivity index (χ2v) is 4.95. The van der Waals surface area contributed by atoms with Crippen LogP contribution in [0.4, 0.5) is 5.13 Å². The number of rotatable bonds is 3. The highest BCUT2D eigenvalue weighted by molar-refractivity contribution is 7.18. The first kappa shape index (κ1) is 12.4. The van der Waals surface area contributed by atoms with Gasteiger partial charge in [0.05, 0.1) is 5.56 Å². The van der Waals surface area contributed by atoms with Crippen molar-refractivity contribution in [2.75, 3.05) is 5.32 Å². The van der Waals surface area contributed by atoms with E-state index in [4.69, 9.17) is 0 Å². The monoisotopic (exact) mass is 282 g/mol. The van der Waals surface area contributed by atoms with Crippen LogP contribution in [0.5, 0.6) is 0 Å². The predicted molar refractivity (Wildman–Crippen MR) is 77.5 cm³/mol. The quantitative estimate of drug-likeness (QED) is 0.802. The van der Waals surface area contributed by atoms with Crippen LogP contribution in [0.3, 0.4) is 0 Å². The molecule has 1 amide bonds. The molecule has 6 heteroatoms. The third-order valence-electron chi connectivity index (χ3n) is 2.59. The third kappa shape index (κ3) is 2.70. The van der Waals surface area contributed by atoms with Crippen molar-refractivity contribution in [1.29, 1.82) is 0 Å². The first-order valence-corrected chi connectivity index (χ1v) is 6.75. The summed E-state index contributed by atoms with van der Waals surface area (Å²) in [7, 11) is 0. The van der Waals surface area contributed by atoms with E-state index in [0.717, 1.165) is 10.6 Å². The molecule has 0 saturated heterocycles. The second kappa shape index (κ2) is 5.58. The summed E-state index contributed by atoms with van der Waals surface area (Å²) in [5, 5.41) is 12.0.